The normalized spacial score (nSPS) is 10.7. The first-order chi connectivity index (χ1) is 10.1. The molecule has 0 spiro atoms. The fraction of sp³-hybridized carbons (Fsp3) is 0.133. The molecule has 21 heavy (non-hydrogen) atoms. The zero-order chi connectivity index (χ0) is 14.8. The third kappa shape index (κ3) is 2.69. The Balaban J connectivity index is 1.77. The molecule has 0 fully saturated rings. The summed E-state index contributed by atoms with van der Waals surface area (Å²) in [4.78, 5) is 10.6. The topological polar surface area (TPSA) is 83.8 Å². The lowest BCUT2D eigenvalue weighted by molar-refractivity contribution is -0.385. The predicted octanol–water partition coefficient (Wildman–Crippen LogP) is 3.39. The number of hydrogen-bond donors (Lipinski definition) is 2. The number of H-pyrrole nitrogens is 1. The van der Waals surface area contributed by atoms with Gasteiger partial charge in [-0.15, -0.1) is 0 Å². The molecule has 3 aromatic rings. The highest BCUT2D eigenvalue weighted by Crippen LogP contribution is 2.21. The highest BCUT2D eigenvalue weighted by Gasteiger charge is 2.10. The standard InChI is InChI=1S/C15H14N4O2/c1-10-2-3-11(6-15(10)19(20)21)8-16-13-4-5-14-12(7-13)9-17-18-14/h2-7,9,16H,8H2,1H3,(H,17,18). The van der Waals surface area contributed by atoms with Gasteiger partial charge in [-0.2, -0.15) is 5.10 Å². The number of benzene rings is 2. The summed E-state index contributed by atoms with van der Waals surface area (Å²) in [6.45, 7) is 2.27. The van der Waals surface area contributed by atoms with E-state index < -0.39 is 0 Å². The minimum atomic E-state index is -0.351. The van der Waals surface area contributed by atoms with Crippen LogP contribution in [-0.2, 0) is 6.54 Å². The fourth-order valence-corrected chi connectivity index (χ4v) is 2.22. The van der Waals surface area contributed by atoms with Crippen molar-refractivity contribution in [3.63, 3.8) is 0 Å². The molecule has 0 aliphatic heterocycles. The van der Waals surface area contributed by atoms with Crippen molar-refractivity contribution in [3.05, 3.63) is 63.8 Å². The molecule has 0 saturated heterocycles. The monoisotopic (exact) mass is 282 g/mol. The summed E-state index contributed by atoms with van der Waals surface area (Å²) in [6.07, 6.45) is 1.76. The number of fused-ring (bicyclic) bond motifs is 1. The van der Waals surface area contributed by atoms with Gasteiger partial charge in [0.25, 0.3) is 5.69 Å². The Morgan fingerprint density at radius 2 is 2.14 bits per heavy atom. The summed E-state index contributed by atoms with van der Waals surface area (Å²) >= 11 is 0. The maximum atomic E-state index is 10.9. The molecular weight excluding hydrogens is 268 g/mol. The van der Waals surface area contributed by atoms with Crippen LogP contribution in [0.4, 0.5) is 11.4 Å². The van der Waals surface area contributed by atoms with Gasteiger partial charge in [0.1, 0.15) is 0 Å². The molecular formula is C15H14N4O2. The minimum absolute atomic E-state index is 0.152. The molecule has 0 aliphatic carbocycles. The number of nitro benzene ring substituents is 1. The molecule has 1 heterocycles. The lowest BCUT2D eigenvalue weighted by Crippen LogP contribution is -2.01. The maximum absolute atomic E-state index is 10.9. The van der Waals surface area contributed by atoms with E-state index in [1.54, 1.807) is 25.3 Å². The van der Waals surface area contributed by atoms with Gasteiger partial charge in [0.15, 0.2) is 0 Å². The fourth-order valence-electron chi connectivity index (χ4n) is 2.22. The van der Waals surface area contributed by atoms with Gasteiger partial charge in [-0.3, -0.25) is 15.2 Å². The van der Waals surface area contributed by atoms with E-state index in [0.717, 1.165) is 22.2 Å². The molecule has 0 amide bonds. The van der Waals surface area contributed by atoms with Gasteiger partial charge in [-0.05, 0) is 30.7 Å². The smallest absolute Gasteiger partial charge is 0.272 e. The van der Waals surface area contributed by atoms with Crippen molar-refractivity contribution in [2.24, 2.45) is 0 Å². The summed E-state index contributed by atoms with van der Waals surface area (Å²) in [5.74, 6) is 0. The number of hydrogen-bond acceptors (Lipinski definition) is 4. The Kier molecular flexibility index (Phi) is 3.27. The van der Waals surface area contributed by atoms with E-state index in [2.05, 4.69) is 15.5 Å². The van der Waals surface area contributed by atoms with Crippen LogP contribution in [0.1, 0.15) is 11.1 Å². The molecule has 1 aromatic heterocycles. The van der Waals surface area contributed by atoms with Crippen LogP contribution in [0.3, 0.4) is 0 Å². The summed E-state index contributed by atoms with van der Waals surface area (Å²) in [7, 11) is 0. The second-order valence-corrected chi connectivity index (χ2v) is 4.90. The van der Waals surface area contributed by atoms with Crippen molar-refractivity contribution in [2.45, 2.75) is 13.5 Å². The lowest BCUT2D eigenvalue weighted by Gasteiger charge is -2.07. The first-order valence-electron chi connectivity index (χ1n) is 6.54. The molecule has 0 saturated carbocycles. The molecule has 0 atom stereocenters. The van der Waals surface area contributed by atoms with Gasteiger partial charge in [0, 0.05) is 29.2 Å². The largest absolute Gasteiger partial charge is 0.381 e. The van der Waals surface area contributed by atoms with E-state index in [9.17, 15) is 10.1 Å². The van der Waals surface area contributed by atoms with Crippen molar-refractivity contribution in [1.29, 1.82) is 0 Å². The average Bonchev–Trinajstić information content (AvgIpc) is 2.93. The predicted molar refractivity (Wildman–Crippen MR) is 81.3 cm³/mol. The zero-order valence-electron chi connectivity index (χ0n) is 11.5. The number of aryl methyl sites for hydroxylation is 1. The van der Waals surface area contributed by atoms with E-state index in [4.69, 9.17) is 0 Å². The third-order valence-electron chi connectivity index (χ3n) is 3.41. The Hall–Kier alpha value is -2.89. The maximum Gasteiger partial charge on any atom is 0.272 e. The second-order valence-electron chi connectivity index (χ2n) is 4.90. The molecule has 2 N–H and O–H groups in total. The molecule has 0 aliphatic rings. The number of aromatic nitrogens is 2. The van der Waals surface area contributed by atoms with Crippen molar-refractivity contribution in [2.75, 3.05) is 5.32 Å². The molecule has 3 rings (SSSR count). The first-order valence-corrected chi connectivity index (χ1v) is 6.54. The molecule has 0 bridgehead atoms. The second kappa shape index (κ2) is 5.24. The van der Waals surface area contributed by atoms with E-state index >= 15 is 0 Å². The number of nitro groups is 1. The average molecular weight is 282 g/mol. The van der Waals surface area contributed by atoms with Crippen LogP contribution in [0.15, 0.2) is 42.6 Å². The Bertz CT molecular complexity index is 810. The summed E-state index contributed by atoms with van der Waals surface area (Å²) in [6, 6.07) is 11.2. The van der Waals surface area contributed by atoms with E-state index in [-0.39, 0.29) is 10.6 Å². The molecule has 0 unspecified atom stereocenters. The number of aromatic amines is 1. The Morgan fingerprint density at radius 3 is 2.95 bits per heavy atom. The van der Waals surface area contributed by atoms with Crippen LogP contribution in [0.25, 0.3) is 10.9 Å². The zero-order valence-corrected chi connectivity index (χ0v) is 11.5. The first kappa shape index (κ1) is 13.1. The molecule has 0 radical (unpaired) electrons. The summed E-state index contributed by atoms with van der Waals surface area (Å²) in [5, 5.41) is 22.1. The third-order valence-corrected chi connectivity index (χ3v) is 3.41. The van der Waals surface area contributed by atoms with Crippen LogP contribution in [0.5, 0.6) is 0 Å². The highest BCUT2D eigenvalue weighted by molar-refractivity contribution is 5.81. The number of nitrogens with zero attached hydrogens (tertiary/aromatic N) is 2. The number of anilines is 1. The van der Waals surface area contributed by atoms with Gasteiger partial charge < -0.3 is 5.32 Å². The quantitative estimate of drug-likeness (QED) is 0.567. The molecule has 2 aromatic carbocycles. The summed E-state index contributed by atoms with van der Waals surface area (Å²) < 4.78 is 0. The highest BCUT2D eigenvalue weighted by atomic mass is 16.6. The van der Waals surface area contributed by atoms with Crippen LogP contribution in [-0.4, -0.2) is 15.1 Å². The van der Waals surface area contributed by atoms with Crippen molar-refractivity contribution < 1.29 is 4.92 Å². The lowest BCUT2D eigenvalue weighted by atomic mass is 10.1. The molecule has 106 valence electrons. The SMILES string of the molecule is Cc1ccc(CNc2ccc3[nH]ncc3c2)cc1[N+](=O)[O-]. The molecule has 6 heteroatoms. The van der Waals surface area contributed by atoms with Gasteiger partial charge in [0.2, 0.25) is 0 Å². The minimum Gasteiger partial charge on any atom is -0.381 e. The van der Waals surface area contributed by atoms with Crippen molar-refractivity contribution >= 4 is 22.3 Å². The molecule has 6 nitrogen and oxygen atoms in total. The Labute approximate surface area is 121 Å². The number of nitrogens with one attached hydrogen (secondary N) is 2. The summed E-state index contributed by atoms with van der Waals surface area (Å²) in [5.41, 5.74) is 3.63. The van der Waals surface area contributed by atoms with Gasteiger partial charge in [0.05, 0.1) is 16.6 Å². The van der Waals surface area contributed by atoms with Gasteiger partial charge in [-0.25, -0.2) is 0 Å². The van der Waals surface area contributed by atoms with Crippen molar-refractivity contribution in [1.82, 2.24) is 10.2 Å². The van der Waals surface area contributed by atoms with Gasteiger partial charge in [-0.1, -0.05) is 12.1 Å². The Morgan fingerprint density at radius 1 is 1.29 bits per heavy atom. The van der Waals surface area contributed by atoms with Crippen molar-refractivity contribution in [3.8, 4) is 0 Å². The van der Waals surface area contributed by atoms with E-state index in [1.165, 1.54) is 0 Å². The van der Waals surface area contributed by atoms with E-state index in [1.807, 2.05) is 24.3 Å². The van der Waals surface area contributed by atoms with Crippen LogP contribution < -0.4 is 5.32 Å². The van der Waals surface area contributed by atoms with Gasteiger partial charge >= 0.3 is 0 Å². The number of rotatable bonds is 4. The van der Waals surface area contributed by atoms with E-state index in [0.29, 0.717) is 12.1 Å². The van der Waals surface area contributed by atoms with Crippen LogP contribution in [0, 0.1) is 17.0 Å². The van der Waals surface area contributed by atoms with Crippen LogP contribution >= 0.6 is 0 Å². The van der Waals surface area contributed by atoms with Crippen LogP contribution in [0.2, 0.25) is 0 Å².